The molecule has 3 rings (SSSR count). The fourth-order valence-electron chi connectivity index (χ4n) is 2.13. The van der Waals surface area contributed by atoms with Crippen molar-refractivity contribution in [1.29, 1.82) is 0 Å². The molecule has 0 saturated carbocycles. The van der Waals surface area contributed by atoms with Gasteiger partial charge < -0.3 is 5.32 Å². The van der Waals surface area contributed by atoms with Gasteiger partial charge in [0.25, 0.3) is 11.5 Å². The fraction of sp³-hybridized carbons (Fsp3) is 0.0667. The molecule has 6 heteroatoms. The lowest BCUT2D eigenvalue weighted by Gasteiger charge is -2.07. The van der Waals surface area contributed by atoms with Gasteiger partial charge in [0.2, 0.25) is 0 Å². The van der Waals surface area contributed by atoms with Crippen LogP contribution in [-0.4, -0.2) is 15.7 Å². The molecule has 0 bridgehead atoms. The first kappa shape index (κ1) is 13.0. The number of pyridine rings is 1. The summed E-state index contributed by atoms with van der Waals surface area (Å²) in [5.74, 6) is -0.360. The molecule has 0 aliphatic rings. The maximum absolute atomic E-state index is 12.4. The van der Waals surface area contributed by atoms with Crippen LogP contribution in [0, 0.1) is 0 Å². The summed E-state index contributed by atoms with van der Waals surface area (Å²) in [6, 6.07) is 10.5. The Bertz CT molecular complexity index is 872. The van der Waals surface area contributed by atoms with Gasteiger partial charge in [-0.2, -0.15) is 5.10 Å². The molecule has 6 nitrogen and oxygen atoms in total. The number of carbonyl (C=O) groups is 1. The van der Waals surface area contributed by atoms with Gasteiger partial charge in [-0.15, -0.1) is 0 Å². The molecule has 0 fully saturated rings. The first-order valence-electron chi connectivity index (χ1n) is 6.40. The third kappa shape index (κ3) is 2.38. The van der Waals surface area contributed by atoms with E-state index in [2.05, 4.69) is 15.4 Å². The Morgan fingerprint density at radius 2 is 1.95 bits per heavy atom. The fourth-order valence-corrected chi connectivity index (χ4v) is 2.13. The number of hydrogen-bond acceptors (Lipinski definition) is 3. The van der Waals surface area contributed by atoms with Crippen LogP contribution in [0.2, 0.25) is 0 Å². The molecule has 0 aliphatic carbocycles. The lowest BCUT2D eigenvalue weighted by Crippen LogP contribution is -2.25. The van der Waals surface area contributed by atoms with Gasteiger partial charge in [-0.1, -0.05) is 18.2 Å². The van der Waals surface area contributed by atoms with Crippen molar-refractivity contribution in [3.05, 3.63) is 64.8 Å². The van der Waals surface area contributed by atoms with Crippen molar-refractivity contribution in [1.82, 2.24) is 9.78 Å². The number of carbonyl (C=O) groups excluding carboxylic acids is 1. The molecule has 2 heterocycles. The highest BCUT2D eigenvalue weighted by Crippen LogP contribution is 2.14. The van der Waals surface area contributed by atoms with Crippen LogP contribution in [0.5, 0.6) is 0 Å². The average molecular weight is 281 g/mol. The topological polar surface area (TPSA) is 78.1 Å². The third-order valence-electron chi connectivity index (χ3n) is 3.14. The van der Waals surface area contributed by atoms with Crippen molar-refractivity contribution in [2.45, 2.75) is 0 Å². The zero-order valence-electron chi connectivity index (χ0n) is 11.3. The van der Waals surface area contributed by atoms with Crippen molar-refractivity contribution in [2.75, 3.05) is 5.32 Å². The first-order chi connectivity index (χ1) is 10.2. The van der Waals surface area contributed by atoms with E-state index in [0.29, 0.717) is 16.5 Å². The summed E-state index contributed by atoms with van der Waals surface area (Å²) in [5.41, 5.74) is 0.619. The summed E-state index contributed by atoms with van der Waals surface area (Å²) < 4.78 is 1.17. The number of aryl methyl sites for hydroxylation is 1. The predicted molar refractivity (Wildman–Crippen MR) is 77.9 cm³/mol. The zero-order chi connectivity index (χ0) is 14.8. The van der Waals surface area contributed by atoms with Gasteiger partial charge >= 0.3 is 0 Å². The highest BCUT2D eigenvalue weighted by atomic mass is 16.2. The summed E-state index contributed by atoms with van der Waals surface area (Å²) >= 11 is 0. The number of rotatable bonds is 2. The van der Waals surface area contributed by atoms with E-state index >= 15 is 0 Å². The monoisotopic (exact) mass is 281 g/mol. The maximum atomic E-state index is 12.4. The highest BCUT2D eigenvalue weighted by molar-refractivity contribution is 6.10. The number of fused-ring (bicyclic) bond motifs is 1. The molecule has 21 heavy (non-hydrogen) atoms. The minimum absolute atomic E-state index is 0.219. The van der Waals surface area contributed by atoms with Crippen molar-refractivity contribution >= 4 is 22.4 Å². The summed E-state index contributed by atoms with van der Waals surface area (Å²) in [4.78, 5) is 27.3. The second kappa shape index (κ2) is 5.16. The smallest absolute Gasteiger partial charge is 0.276 e. The standard InChI is InChI=1S/C15H12N4O2/c1-19-15(21)12-7-3-2-6-11(12)13(18-19)14(20)17-10-5-4-8-16-9-10/h2-9H,1H3,(H,17,20)/p+1. The summed E-state index contributed by atoms with van der Waals surface area (Å²) in [5, 5.41) is 7.84. The minimum atomic E-state index is -0.360. The Kier molecular flexibility index (Phi) is 3.19. The predicted octanol–water partition coefficient (Wildman–Crippen LogP) is 1.000. The van der Waals surface area contributed by atoms with Crippen LogP contribution in [-0.2, 0) is 7.05 Å². The first-order valence-corrected chi connectivity index (χ1v) is 6.40. The van der Waals surface area contributed by atoms with Gasteiger partial charge in [-0.05, 0) is 12.1 Å². The van der Waals surface area contributed by atoms with Crippen LogP contribution < -0.4 is 15.9 Å². The van der Waals surface area contributed by atoms with E-state index in [1.165, 1.54) is 11.7 Å². The number of aromatic amines is 1. The number of nitrogens with one attached hydrogen (secondary N) is 2. The Balaban J connectivity index is 2.10. The van der Waals surface area contributed by atoms with E-state index in [1.807, 2.05) is 0 Å². The number of benzene rings is 1. The number of nitrogens with zero attached hydrogens (tertiary/aromatic N) is 2. The number of aromatic nitrogens is 3. The second-order valence-electron chi connectivity index (χ2n) is 4.57. The van der Waals surface area contributed by atoms with E-state index in [1.54, 1.807) is 48.8 Å². The van der Waals surface area contributed by atoms with Gasteiger partial charge in [0.15, 0.2) is 18.1 Å². The second-order valence-corrected chi connectivity index (χ2v) is 4.57. The molecule has 2 N–H and O–H groups in total. The number of H-pyrrole nitrogens is 1. The quantitative estimate of drug-likeness (QED) is 0.761. The Morgan fingerprint density at radius 3 is 2.67 bits per heavy atom. The summed E-state index contributed by atoms with van der Waals surface area (Å²) in [7, 11) is 1.53. The molecule has 2 aromatic heterocycles. The molecule has 1 amide bonds. The number of amides is 1. The molecule has 1 aromatic carbocycles. The van der Waals surface area contributed by atoms with E-state index in [4.69, 9.17) is 0 Å². The Hall–Kier alpha value is -3.02. The lowest BCUT2D eigenvalue weighted by molar-refractivity contribution is -0.377. The van der Waals surface area contributed by atoms with Crippen LogP contribution in [0.25, 0.3) is 10.8 Å². The zero-order valence-corrected chi connectivity index (χ0v) is 11.3. The van der Waals surface area contributed by atoms with E-state index in [0.717, 1.165) is 0 Å². The molecule has 104 valence electrons. The number of hydrogen-bond donors (Lipinski definition) is 1. The van der Waals surface area contributed by atoms with Crippen molar-refractivity contribution < 1.29 is 9.78 Å². The van der Waals surface area contributed by atoms with Gasteiger partial charge in [0.05, 0.1) is 5.39 Å². The van der Waals surface area contributed by atoms with E-state index in [9.17, 15) is 9.59 Å². The average Bonchev–Trinajstić information content (AvgIpc) is 2.52. The molecular formula is C15H13N4O2+. The third-order valence-corrected chi connectivity index (χ3v) is 3.14. The molecule has 0 radical (unpaired) electrons. The van der Waals surface area contributed by atoms with Gasteiger partial charge in [0, 0.05) is 18.5 Å². The van der Waals surface area contributed by atoms with E-state index in [-0.39, 0.29) is 17.2 Å². The Morgan fingerprint density at radius 1 is 1.19 bits per heavy atom. The van der Waals surface area contributed by atoms with Crippen LogP contribution in [0.4, 0.5) is 5.69 Å². The molecule has 0 atom stereocenters. The van der Waals surface area contributed by atoms with Gasteiger partial charge in [-0.3, -0.25) is 9.59 Å². The maximum Gasteiger partial charge on any atom is 0.276 e. The van der Waals surface area contributed by atoms with E-state index < -0.39 is 0 Å². The van der Waals surface area contributed by atoms with Crippen LogP contribution in [0.15, 0.2) is 53.6 Å². The van der Waals surface area contributed by atoms with Crippen LogP contribution >= 0.6 is 0 Å². The molecule has 3 aromatic rings. The van der Waals surface area contributed by atoms with Crippen LogP contribution in [0.3, 0.4) is 0 Å². The molecule has 0 saturated heterocycles. The van der Waals surface area contributed by atoms with Gasteiger partial charge in [-0.25, -0.2) is 9.67 Å². The molecule has 0 spiro atoms. The van der Waals surface area contributed by atoms with Gasteiger partial charge in [0.1, 0.15) is 5.69 Å². The largest absolute Gasteiger partial charge is 0.316 e. The van der Waals surface area contributed by atoms with Crippen molar-refractivity contribution in [3.63, 3.8) is 0 Å². The minimum Gasteiger partial charge on any atom is -0.316 e. The van der Waals surface area contributed by atoms with Crippen LogP contribution in [0.1, 0.15) is 10.5 Å². The summed E-state index contributed by atoms with van der Waals surface area (Å²) in [6.45, 7) is 0. The normalized spacial score (nSPS) is 10.5. The molecular weight excluding hydrogens is 268 g/mol. The van der Waals surface area contributed by atoms with Crippen molar-refractivity contribution in [2.24, 2.45) is 7.05 Å². The lowest BCUT2D eigenvalue weighted by atomic mass is 10.1. The molecule has 0 aliphatic heterocycles. The van der Waals surface area contributed by atoms with Crippen molar-refractivity contribution in [3.8, 4) is 0 Å². The number of anilines is 1. The highest BCUT2D eigenvalue weighted by Gasteiger charge is 2.16. The SMILES string of the molecule is Cn1nc(C(=O)Nc2ccc[nH+]c2)c2ccccc2c1=O. The Labute approximate surface area is 120 Å². The summed E-state index contributed by atoms with van der Waals surface area (Å²) in [6.07, 6.45) is 3.41. The molecule has 0 unspecified atom stereocenters.